The lowest BCUT2D eigenvalue weighted by atomic mass is 9.81. The zero-order valence-corrected chi connectivity index (χ0v) is 14.4. The number of carboxylic acid groups (broad SMARTS) is 1. The second-order valence-corrected chi connectivity index (χ2v) is 7.14. The van der Waals surface area contributed by atoms with Crippen molar-refractivity contribution >= 4 is 30.0 Å². The maximum absolute atomic E-state index is 12.7. The molecule has 2 atom stereocenters. The molecule has 4 rings (SSSR count). The Morgan fingerprint density at radius 1 is 1.29 bits per heavy atom. The topological polar surface area (TPSA) is 60.9 Å². The van der Waals surface area contributed by atoms with E-state index < -0.39 is 11.4 Å². The fourth-order valence-electron chi connectivity index (χ4n) is 4.74. The van der Waals surface area contributed by atoms with Crippen molar-refractivity contribution in [1.82, 2.24) is 4.90 Å². The Balaban J connectivity index is 0.00000169. The number of benzene rings is 1. The largest absolute Gasteiger partial charge is 0.481 e. The van der Waals surface area contributed by atoms with Gasteiger partial charge in [-0.3, -0.25) is 14.5 Å². The minimum absolute atomic E-state index is 0. The van der Waals surface area contributed by atoms with E-state index in [2.05, 4.69) is 11.0 Å². The molecule has 1 N–H and O–H groups in total. The number of nitrogens with zero attached hydrogens (tertiary/aromatic N) is 2. The van der Waals surface area contributed by atoms with Crippen molar-refractivity contribution in [1.29, 1.82) is 0 Å². The van der Waals surface area contributed by atoms with Crippen LogP contribution in [0.15, 0.2) is 24.3 Å². The molecule has 6 heteroatoms. The number of carbonyl (C=O) groups is 2. The number of amides is 1. The Kier molecular flexibility index (Phi) is 4.58. The Labute approximate surface area is 148 Å². The zero-order chi connectivity index (χ0) is 16.0. The van der Waals surface area contributed by atoms with Crippen molar-refractivity contribution < 1.29 is 14.7 Å². The molecule has 1 saturated carbocycles. The highest BCUT2D eigenvalue weighted by Crippen LogP contribution is 2.48. The van der Waals surface area contributed by atoms with E-state index in [4.69, 9.17) is 0 Å². The predicted molar refractivity (Wildman–Crippen MR) is 93.6 cm³/mol. The molecule has 1 aliphatic carbocycles. The van der Waals surface area contributed by atoms with Gasteiger partial charge in [-0.2, -0.15) is 0 Å². The van der Waals surface area contributed by atoms with E-state index in [-0.39, 0.29) is 24.2 Å². The molecule has 0 aromatic heterocycles. The van der Waals surface area contributed by atoms with Gasteiger partial charge < -0.3 is 10.0 Å². The molecule has 1 saturated heterocycles. The molecule has 2 heterocycles. The molecule has 3 aliphatic rings. The van der Waals surface area contributed by atoms with Crippen LogP contribution in [-0.2, 0) is 16.0 Å². The van der Waals surface area contributed by atoms with Crippen molar-refractivity contribution in [3.05, 3.63) is 29.8 Å². The van der Waals surface area contributed by atoms with Gasteiger partial charge >= 0.3 is 5.97 Å². The smallest absolute Gasteiger partial charge is 0.311 e. The first kappa shape index (κ1) is 17.2. The molecule has 2 aliphatic heterocycles. The third kappa shape index (κ3) is 2.60. The summed E-state index contributed by atoms with van der Waals surface area (Å²) in [6.45, 7) is 2.33. The van der Waals surface area contributed by atoms with Crippen LogP contribution in [0.1, 0.15) is 24.8 Å². The fraction of sp³-hybridized carbons (Fsp3) is 0.556. The van der Waals surface area contributed by atoms with Crippen molar-refractivity contribution in [2.24, 2.45) is 11.3 Å². The predicted octanol–water partition coefficient (Wildman–Crippen LogP) is 2.18. The average molecular weight is 351 g/mol. The molecule has 0 unspecified atom stereocenters. The summed E-state index contributed by atoms with van der Waals surface area (Å²) in [4.78, 5) is 28.3. The monoisotopic (exact) mass is 350 g/mol. The molecule has 1 amide bonds. The van der Waals surface area contributed by atoms with Gasteiger partial charge in [0.2, 0.25) is 5.91 Å². The highest BCUT2D eigenvalue weighted by molar-refractivity contribution is 5.96. The Hall–Kier alpha value is -1.59. The third-order valence-electron chi connectivity index (χ3n) is 5.91. The molecule has 0 bridgehead atoms. The first-order valence-corrected chi connectivity index (χ1v) is 8.44. The number of aliphatic carboxylic acids is 1. The number of hydrogen-bond donors (Lipinski definition) is 1. The molecule has 5 nitrogen and oxygen atoms in total. The van der Waals surface area contributed by atoms with Crippen LogP contribution in [-0.4, -0.2) is 48.1 Å². The second-order valence-electron chi connectivity index (χ2n) is 7.14. The van der Waals surface area contributed by atoms with E-state index in [1.165, 1.54) is 5.56 Å². The van der Waals surface area contributed by atoms with Crippen LogP contribution in [0.25, 0.3) is 0 Å². The normalized spacial score (nSPS) is 28.3. The first-order chi connectivity index (χ1) is 11.1. The molecule has 1 aromatic carbocycles. The second kappa shape index (κ2) is 6.37. The quantitative estimate of drug-likeness (QED) is 0.907. The molecule has 130 valence electrons. The van der Waals surface area contributed by atoms with Crippen LogP contribution in [0.5, 0.6) is 0 Å². The maximum Gasteiger partial charge on any atom is 0.311 e. The number of hydrogen-bond acceptors (Lipinski definition) is 3. The molecule has 2 fully saturated rings. The minimum Gasteiger partial charge on any atom is -0.481 e. The van der Waals surface area contributed by atoms with Gasteiger partial charge in [0.15, 0.2) is 0 Å². The Morgan fingerprint density at radius 2 is 2.08 bits per heavy atom. The Bertz CT molecular complexity index is 665. The minimum atomic E-state index is -0.679. The summed E-state index contributed by atoms with van der Waals surface area (Å²) < 4.78 is 0. The molecule has 24 heavy (non-hydrogen) atoms. The first-order valence-electron chi connectivity index (χ1n) is 8.44. The van der Waals surface area contributed by atoms with E-state index in [0.717, 1.165) is 44.5 Å². The number of para-hydroxylation sites is 1. The fourth-order valence-corrected chi connectivity index (χ4v) is 4.74. The van der Waals surface area contributed by atoms with Crippen LogP contribution in [0.2, 0.25) is 0 Å². The van der Waals surface area contributed by atoms with Gasteiger partial charge in [0.1, 0.15) is 0 Å². The summed E-state index contributed by atoms with van der Waals surface area (Å²) in [5.41, 5.74) is 1.63. The summed E-state index contributed by atoms with van der Waals surface area (Å²) in [7, 11) is 0. The number of fused-ring (bicyclic) bond motifs is 2. The van der Waals surface area contributed by atoms with Crippen LogP contribution < -0.4 is 4.90 Å². The summed E-state index contributed by atoms with van der Waals surface area (Å²) in [6, 6.07) is 8.04. The van der Waals surface area contributed by atoms with Crippen molar-refractivity contribution in [3.8, 4) is 0 Å². The van der Waals surface area contributed by atoms with Crippen molar-refractivity contribution in [2.75, 3.05) is 31.1 Å². The van der Waals surface area contributed by atoms with E-state index in [1.54, 1.807) is 0 Å². The molecule has 1 aromatic rings. The third-order valence-corrected chi connectivity index (χ3v) is 5.91. The standard InChI is InChI=1S/C18H22N2O3.ClH/c21-16(20-9-7-13-4-1-2-6-15(13)20)11-19-10-14-5-3-8-18(14,12-19)17(22)23;/h1-2,4,6,14H,3,5,7-12H2,(H,22,23);1H/t14-,18+;/m0./s1. The summed E-state index contributed by atoms with van der Waals surface area (Å²) >= 11 is 0. The lowest BCUT2D eigenvalue weighted by Gasteiger charge is -2.24. The maximum atomic E-state index is 12.7. The van der Waals surface area contributed by atoms with Gasteiger partial charge in [-0.25, -0.2) is 0 Å². The highest BCUT2D eigenvalue weighted by atomic mass is 35.5. The number of carbonyl (C=O) groups excluding carboxylic acids is 1. The zero-order valence-electron chi connectivity index (χ0n) is 13.6. The number of carboxylic acids is 1. The molecule has 0 spiro atoms. The van der Waals surface area contributed by atoms with Gasteiger partial charge in [0.05, 0.1) is 12.0 Å². The Morgan fingerprint density at radius 3 is 2.83 bits per heavy atom. The van der Waals surface area contributed by atoms with E-state index >= 15 is 0 Å². The van der Waals surface area contributed by atoms with E-state index in [9.17, 15) is 14.7 Å². The van der Waals surface area contributed by atoms with E-state index in [0.29, 0.717) is 13.1 Å². The molecular formula is C18H23ClN2O3. The SMILES string of the molecule is Cl.O=C(CN1C[C@@H]2CCC[C@@]2(C(=O)O)C1)N1CCc2ccccc21. The van der Waals surface area contributed by atoms with Crippen molar-refractivity contribution in [2.45, 2.75) is 25.7 Å². The number of likely N-dealkylation sites (tertiary alicyclic amines) is 1. The highest BCUT2D eigenvalue weighted by Gasteiger charge is 2.55. The summed E-state index contributed by atoms with van der Waals surface area (Å²) in [5.74, 6) is -0.379. The van der Waals surface area contributed by atoms with Gasteiger partial charge in [0.25, 0.3) is 0 Å². The van der Waals surface area contributed by atoms with Crippen LogP contribution in [0, 0.1) is 11.3 Å². The molecular weight excluding hydrogens is 328 g/mol. The van der Waals surface area contributed by atoms with E-state index in [1.807, 2.05) is 23.1 Å². The van der Waals surface area contributed by atoms with Gasteiger partial charge in [0, 0.05) is 25.3 Å². The van der Waals surface area contributed by atoms with Gasteiger partial charge in [-0.05, 0) is 36.8 Å². The van der Waals surface area contributed by atoms with Gasteiger partial charge in [-0.15, -0.1) is 12.4 Å². The molecule has 0 radical (unpaired) electrons. The van der Waals surface area contributed by atoms with Crippen LogP contribution >= 0.6 is 12.4 Å². The summed E-state index contributed by atoms with van der Waals surface area (Å²) in [6.07, 6.45) is 3.63. The lowest BCUT2D eigenvalue weighted by molar-refractivity contribution is -0.149. The number of rotatable bonds is 3. The van der Waals surface area contributed by atoms with Crippen LogP contribution in [0.4, 0.5) is 5.69 Å². The average Bonchev–Trinajstić information content (AvgIpc) is 3.18. The summed E-state index contributed by atoms with van der Waals surface area (Å²) in [5, 5.41) is 9.65. The number of anilines is 1. The lowest BCUT2D eigenvalue weighted by Crippen LogP contribution is -2.41. The van der Waals surface area contributed by atoms with Crippen molar-refractivity contribution in [3.63, 3.8) is 0 Å². The number of halogens is 1. The van der Waals surface area contributed by atoms with Crippen LogP contribution in [0.3, 0.4) is 0 Å². The van der Waals surface area contributed by atoms with Gasteiger partial charge in [-0.1, -0.05) is 24.6 Å².